The fraction of sp³-hybridized carbons (Fsp3) is 0.364. The average molecular weight is 205 g/mol. The Hall–Kier alpha value is -1.55. The van der Waals surface area contributed by atoms with E-state index in [9.17, 15) is 0 Å². The molecule has 0 saturated carbocycles. The van der Waals surface area contributed by atoms with Crippen LogP contribution in [0.4, 0.5) is 5.82 Å². The highest BCUT2D eigenvalue weighted by Gasteiger charge is 2.10. The van der Waals surface area contributed by atoms with E-state index in [0.717, 1.165) is 29.9 Å². The summed E-state index contributed by atoms with van der Waals surface area (Å²) in [5.41, 5.74) is 6.44. The molecule has 80 valence electrons. The Morgan fingerprint density at radius 2 is 2.33 bits per heavy atom. The number of likely N-dealkylation sites (N-methyl/N-ethyl adjacent to an activating group) is 1. The van der Waals surface area contributed by atoms with Gasteiger partial charge in [0.2, 0.25) is 0 Å². The SMILES string of the molecule is CCN(CCN)c1nccc2occc12. The third kappa shape index (κ3) is 1.80. The van der Waals surface area contributed by atoms with Crippen LogP contribution in [-0.4, -0.2) is 24.6 Å². The van der Waals surface area contributed by atoms with E-state index in [4.69, 9.17) is 10.2 Å². The van der Waals surface area contributed by atoms with Crippen LogP contribution in [0, 0.1) is 0 Å². The van der Waals surface area contributed by atoms with E-state index in [0.29, 0.717) is 6.54 Å². The zero-order valence-electron chi connectivity index (χ0n) is 8.81. The number of anilines is 1. The Morgan fingerprint density at radius 1 is 1.47 bits per heavy atom. The molecule has 0 aliphatic heterocycles. The number of nitrogens with two attached hydrogens (primary N) is 1. The molecule has 2 heterocycles. The summed E-state index contributed by atoms with van der Waals surface area (Å²) in [5, 5.41) is 1.05. The maximum Gasteiger partial charge on any atom is 0.139 e. The van der Waals surface area contributed by atoms with Gasteiger partial charge in [-0.2, -0.15) is 0 Å². The van der Waals surface area contributed by atoms with E-state index >= 15 is 0 Å². The fourth-order valence-electron chi connectivity index (χ4n) is 1.70. The van der Waals surface area contributed by atoms with E-state index < -0.39 is 0 Å². The van der Waals surface area contributed by atoms with Crippen LogP contribution in [0.25, 0.3) is 11.0 Å². The molecule has 2 aromatic heterocycles. The van der Waals surface area contributed by atoms with Gasteiger partial charge in [0, 0.05) is 25.8 Å². The third-order valence-electron chi connectivity index (χ3n) is 2.44. The lowest BCUT2D eigenvalue weighted by molar-refractivity contribution is 0.615. The van der Waals surface area contributed by atoms with Crippen molar-refractivity contribution in [3.05, 3.63) is 24.6 Å². The lowest BCUT2D eigenvalue weighted by atomic mass is 10.3. The van der Waals surface area contributed by atoms with Crippen molar-refractivity contribution in [3.8, 4) is 0 Å². The standard InChI is InChI=1S/C11H15N3O/c1-2-14(7-5-12)11-9-4-8-15-10(9)3-6-13-11/h3-4,6,8H,2,5,7,12H2,1H3. The van der Waals surface area contributed by atoms with Gasteiger partial charge < -0.3 is 15.1 Å². The van der Waals surface area contributed by atoms with Gasteiger partial charge in [-0.3, -0.25) is 0 Å². The minimum atomic E-state index is 0.629. The molecule has 0 radical (unpaired) electrons. The Labute approximate surface area is 88.7 Å². The zero-order valence-corrected chi connectivity index (χ0v) is 8.81. The molecule has 0 aromatic carbocycles. The van der Waals surface area contributed by atoms with Crippen molar-refractivity contribution in [2.24, 2.45) is 5.73 Å². The van der Waals surface area contributed by atoms with Crippen molar-refractivity contribution in [1.29, 1.82) is 0 Å². The maximum absolute atomic E-state index is 5.57. The molecular weight excluding hydrogens is 190 g/mol. The first kappa shape index (κ1) is 9.98. The number of rotatable bonds is 4. The second-order valence-corrected chi connectivity index (χ2v) is 3.34. The largest absolute Gasteiger partial charge is 0.464 e. The molecule has 0 aliphatic rings. The van der Waals surface area contributed by atoms with Crippen molar-refractivity contribution in [3.63, 3.8) is 0 Å². The number of nitrogens with zero attached hydrogens (tertiary/aromatic N) is 2. The van der Waals surface area contributed by atoms with Gasteiger partial charge >= 0.3 is 0 Å². The fourth-order valence-corrected chi connectivity index (χ4v) is 1.70. The van der Waals surface area contributed by atoms with Gasteiger partial charge in [-0.05, 0) is 19.1 Å². The van der Waals surface area contributed by atoms with E-state index in [1.54, 1.807) is 12.5 Å². The lowest BCUT2D eigenvalue weighted by Crippen LogP contribution is -2.29. The van der Waals surface area contributed by atoms with Crippen LogP contribution in [0.3, 0.4) is 0 Å². The highest BCUT2D eigenvalue weighted by Crippen LogP contribution is 2.24. The summed E-state index contributed by atoms with van der Waals surface area (Å²) in [6.07, 6.45) is 3.45. The molecule has 0 unspecified atom stereocenters. The van der Waals surface area contributed by atoms with Gasteiger partial charge in [-0.25, -0.2) is 4.98 Å². The molecule has 4 heteroatoms. The van der Waals surface area contributed by atoms with Crippen LogP contribution in [0.5, 0.6) is 0 Å². The van der Waals surface area contributed by atoms with E-state index in [-0.39, 0.29) is 0 Å². The summed E-state index contributed by atoms with van der Waals surface area (Å²) in [5.74, 6) is 0.953. The number of furan rings is 1. The van der Waals surface area contributed by atoms with Crippen molar-refractivity contribution in [1.82, 2.24) is 4.98 Å². The van der Waals surface area contributed by atoms with Crippen LogP contribution in [0.2, 0.25) is 0 Å². The van der Waals surface area contributed by atoms with Crippen LogP contribution in [0.15, 0.2) is 29.0 Å². The predicted octanol–water partition coefficient (Wildman–Crippen LogP) is 1.61. The highest BCUT2D eigenvalue weighted by atomic mass is 16.3. The van der Waals surface area contributed by atoms with Crippen LogP contribution in [0.1, 0.15) is 6.92 Å². The molecule has 0 aliphatic carbocycles. The number of hydrogen-bond donors (Lipinski definition) is 1. The molecule has 0 bridgehead atoms. The van der Waals surface area contributed by atoms with Gasteiger partial charge in [0.25, 0.3) is 0 Å². The number of aromatic nitrogens is 1. The summed E-state index contributed by atoms with van der Waals surface area (Å²) in [4.78, 5) is 6.53. The summed E-state index contributed by atoms with van der Waals surface area (Å²) in [6, 6.07) is 3.81. The van der Waals surface area contributed by atoms with Gasteiger partial charge in [-0.15, -0.1) is 0 Å². The Balaban J connectivity index is 2.44. The number of fused-ring (bicyclic) bond motifs is 1. The molecule has 0 amide bonds. The Bertz CT molecular complexity index is 438. The minimum absolute atomic E-state index is 0.629. The van der Waals surface area contributed by atoms with E-state index in [1.165, 1.54) is 0 Å². The van der Waals surface area contributed by atoms with Gasteiger partial charge in [0.15, 0.2) is 0 Å². The summed E-state index contributed by atoms with van der Waals surface area (Å²) >= 11 is 0. The van der Waals surface area contributed by atoms with Gasteiger partial charge in [0.05, 0.1) is 11.6 Å². The Morgan fingerprint density at radius 3 is 3.07 bits per heavy atom. The average Bonchev–Trinajstić information content (AvgIpc) is 2.73. The van der Waals surface area contributed by atoms with Gasteiger partial charge in [-0.1, -0.05) is 0 Å². The third-order valence-corrected chi connectivity index (χ3v) is 2.44. The second-order valence-electron chi connectivity index (χ2n) is 3.34. The van der Waals surface area contributed by atoms with Crippen molar-refractivity contribution >= 4 is 16.8 Å². The first-order chi connectivity index (χ1) is 7.36. The normalized spacial score (nSPS) is 10.8. The maximum atomic E-state index is 5.57. The molecule has 0 fully saturated rings. The molecule has 0 atom stereocenters. The first-order valence-electron chi connectivity index (χ1n) is 5.14. The number of hydrogen-bond acceptors (Lipinski definition) is 4. The van der Waals surface area contributed by atoms with E-state index in [2.05, 4.69) is 16.8 Å². The highest BCUT2D eigenvalue weighted by molar-refractivity contribution is 5.88. The molecule has 0 saturated heterocycles. The predicted molar refractivity (Wildman–Crippen MR) is 61.0 cm³/mol. The lowest BCUT2D eigenvalue weighted by Gasteiger charge is -2.21. The summed E-state index contributed by atoms with van der Waals surface area (Å²) in [7, 11) is 0. The van der Waals surface area contributed by atoms with Crippen molar-refractivity contribution in [2.45, 2.75) is 6.92 Å². The molecule has 2 N–H and O–H groups in total. The smallest absolute Gasteiger partial charge is 0.139 e. The molecule has 15 heavy (non-hydrogen) atoms. The first-order valence-corrected chi connectivity index (χ1v) is 5.14. The second kappa shape index (κ2) is 4.31. The van der Waals surface area contributed by atoms with Crippen LogP contribution < -0.4 is 10.6 Å². The van der Waals surface area contributed by atoms with Crippen molar-refractivity contribution in [2.75, 3.05) is 24.5 Å². The summed E-state index contributed by atoms with van der Waals surface area (Å²) in [6.45, 7) is 4.43. The van der Waals surface area contributed by atoms with E-state index in [1.807, 2.05) is 12.1 Å². The van der Waals surface area contributed by atoms with Crippen LogP contribution in [-0.2, 0) is 0 Å². The quantitative estimate of drug-likeness (QED) is 0.824. The monoisotopic (exact) mass is 205 g/mol. The topological polar surface area (TPSA) is 55.3 Å². The minimum Gasteiger partial charge on any atom is -0.464 e. The van der Waals surface area contributed by atoms with Crippen LogP contribution >= 0.6 is 0 Å². The molecule has 4 nitrogen and oxygen atoms in total. The Kier molecular flexibility index (Phi) is 2.87. The zero-order chi connectivity index (χ0) is 10.7. The number of pyridine rings is 1. The molecule has 2 rings (SSSR count). The van der Waals surface area contributed by atoms with Crippen molar-refractivity contribution < 1.29 is 4.42 Å². The molecular formula is C11H15N3O. The summed E-state index contributed by atoms with van der Waals surface area (Å²) < 4.78 is 5.33. The molecule has 0 spiro atoms. The molecule has 2 aromatic rings. The van der Waals surface area contributed by atoms with Gasteiger partial charge in [0.1, 0.15) is 11.4 Å².